The lowest BCUT2D eigenvalue weighted by Gasteiger charge is -2.49. The van der Waals surface area contributed by atoms with E-state index in [1.165, 1.54) is 52.8 Å². The molecule has 10 rings (SSSR count). The van der Waals surface area contributed by atoms with Crippen LogP contribution in [0.25, 0.3) is 22.5 Å². The van der Waals surface area contributed by atoms with Crippen molar-refractivity contribution in [3.63, 3.8) is 0 Å². The van der Waals surface area contributed by atoms with Gasteiger partial charge in [0.05, 0.1) is 56.0 Å². The Bertz CT molecular complexity index is 2870. The Morgan fingerprint density at radius 3 is 2.04 bits per heavy atom. The van der Waals surface area contributed by atoms with Gasteiger partial charge in [0.15, 0.2) is 25.0 Å². The van der Waals surface area contributed by atoms with Gasteiger partial charge in [-0.15, -0.1) is 10.2 Å². The number of carbonyl (C=O) groups is 2. The molecule has 26 heteroatoms. The molecule has 12 unspecified atom stereocenters. The van der Waals surface area contributed by atoms with E-state index in [9.17, 15) is 54.8 Å². The van der Waals surface area contributed by atoms with Crippen LogP contribution in [0, 0.1) is 11.7 Å². The average molecular weight is 1150 g/mol. The van der Waals surface area contributed by atoms with Gasteiger partial charge < -0.3 is 83.6 Å². The second-order valence-corrected chi connectivity index (χ2v) is 21.4. The molecule has 1 amide bonds. The van der Waals surface area contributed by atoms with Gasteiger partial charge >= 0.3 is 5.97 Å². The summed E-state index contributed by atoms with van der Waals surface area (Å²) in [6.45, 7) is 2.59. The van der Waals surface area contributed by atoms with Crippen LogP contribution in [0.4, 0.5) is 4.39 Å². The SMILES string of the molecule is CCC[C@H](OC1C(OC(=O)c2ccccc2)[C@H](O[C@@H]2CC(CO[C@H]3OC(CO)[C@@H](O)C(n4cc(-c5cccc(F)c5)nn4)C3O)CC(n3cc(-c4ccccc4)nn3)C2O[C@@H]2OC(C)[C@@H](O)C(O)C2O)OC(CO)[C@@H]1O)C(=O)N1CCC1. The number of carbonyl (C=O) groups excluding carboxylic acids is 2. The summed E-state index contributed by atoms with van der Waals surface area (Å²) in [6, 6.07) is 20.5. The first-order valence-corrected chi connectivity index (χ1v) is 27.7. The number of hydrogen-bond acceptors (Lipinski definition) is 22. The third-order valence-corrected chi connectivity index (χ3v) is 15.9. The third kappa shape index (κ3) is 12.8. The Morgan fingerprint density at radius 1 is 0.695 bits per heavy atom. The Balaban J connectivity index is 1.02. The summed E-state index contributed by atoms with van der Waals surface area (Å²) in [7, 11) is 0. The van der Waals surface area contributed by atoms with Crippen LogP contribution in [0.15, 0.2) is 97.3 Å². The molecule has 4 aliphatic heterocycles. The minimum Gasteiger partial charge on any atom is -0.450 e. The number of aromatic nitrogens is 6. The zero-order valence-corrected chi connectivity index (χ0v) is 45.0. The number of aliphatic hydroxyl groups excluding tert-OH is 8. The monoisotopic (exact) mass is 1150 g/mol. The number of rotatable bonds is 20. The van der Waals surface area contributed by atoms with Gasteiger partial charge in [0.2, 0.25) is 0 Å². The van der Waals surface area contributed by atoms with Gasteiger partial charge in [0, 0.05) is 24.2 Å². The van der Waals surface area contributed by atoms with Crippen molar-refractivity contribution >= 4 is 11.9 Å². The van der Waals surface area contributed by atoms with E-state index in [-0.39, 0.29) is 43.0 Å². The van der Waals surface area contributed by atoms with E-state index < -0.39 is 147 Å². The molecule has 0 bridgehead atoms. The number of hydrogen-bond donors (Lipinski definition) is 8. The maximum absolute atomic E-state index is 14.2. The maximum atomic E-state index is 14.2. The van der Waals surface area contributed by atoms with Crippen molar-refractivity contribution in [3.05, 3.63) is 109 Å². The highest BCUT2D eigenvalue weighted by molar-refractivity contribution is 5.89. The molecule has 444 valence electrons. The van der Waals surface area contributed by atoms with Crippen LogP contribution in [-0.2, 0) is 42.7 Å². The lowest BCUT2D eigenvalue weighted by atomic mass is 9.81. The minimum atomic E-state index is -1.82. The largest absolute Gasteiger partial charge is 0.450 e. The molecule has 5 aliphatic rings. The zero-order chi connectivity index (χ0) is 57.8. The van der Waals surface area contributed by atoms with E-state index in [4.69, 9.17) is 37.9 Å². The van der Waals surface area contributed by atoms with E-state index >= 15 is 0 Å². The molecular formula is C56H70FN7O18. The van der Waals surface area contributed by atoms with Gasteiger partial charge in [-0.1, -0.05) is 84.4 Å². The molecule has 82 heavy (non-hydrogen) atoms. The number of esters is 1. The Labute approximate surface area is 470 Å². The molecular weight excluding hydrogens is 1080 g/mol. The van der Waals surface area contributed by atoms with Gasteiger partial charge in [-0.05, 0) is 62.8 Å². The molecule has 6 heterocycles. The summed E-state index contributed by atoms with van der Waals surface area (Å²) in [5, 5.41) is 107. The number of nitrogens with zero attached hydrogens (tertiary/aromatic N) is 7. The normalized spacial score (nSPS) is 34.5. The average Bonchev–Trinajstić information content (AvgIpc) is 4.34. The topological polar surface area (TPSA) is 334 Å². The van der Waals surface area contributed by atoms with Crippen LogP contribution >= 0.6 is 0 Å². The third-order valence-electron chi connectivity index (χ3n) is 15.9. The molecule has 3 aromatic carbocycles. The van der Waals surface area contributed by atoms with Crippen LogP contribution in [0.5, 0.6) is 0 Å². The van der Waals surface area contributed by atoms with Gasteiger partial charge in [-0.3, -0.25) is 4.79 Å². The summed E-state index contributed by atoms with van der Waals surface area (Å²) in [4.78, 5) is 29.8. The second-order valence-electron chi connectivity index (χ2n) is 21.4. The van der Waals surface area contributed by atoms with Crippen molar-refractivity contribution in [1.82, 2.24) is 34.9 Å². The lowest BCUT2D eigenvalue weighted by Crippen LogP contribution is -2.64. The van der Waals surface area contributed by atoms with Crippen LogP contribution in [0.2, 0.25) is 0 Å². The maximum Gasteiger partial charge on any atom is 0.338 e. The predicted octanol–water partition coefficient (Wildman–Crippen LogP) is 0.679. The minimum absolute atomic E-state index is 0.0632. The van der Waals surface area contributed by atoms with Crippen molar-refractivity contribution in [2.75, 3.05) is 32.9 Å². The number of benzene rings is 3. The number of halogens is 1. The van der Waals surface area contributed by atoms with E-state index in [1.54, 1.807) is 35.4 Å². The summed E-state index contributed by atoms with van der Waals surface area (Å²) in [6.07, 6.45) is -21.0. The number of ether oxygens (including phenoxy) is 8. The van der Waals surface area contributed by atoms with Crippen molar-refractivity contribution in [1.29, 1.82) is 0 Å². The van der Waals surface area contributed by atoms with Crippen LogP contribution < -0.4 is 0 Å². The zero-order valence-electron chi connectivity index (χ0n) is 45.0. The first kappa shape index (κ1) is 59.4. The van der Waals surface area contributed by atoms with Crippen LogP contribution in [-0.4, -0.2) is 225 Å². The van der Waals surface area contributed by atoms with E-state index in [0.717, 1.165) is 6.42 Å². The first-order valence-electron chi connectivity index (χ1n) is 27.7. The lowest BCUT2D eigenvalue weighted by molar-refractivity contribution is -0.350. The van der Waals surface area contributed by atoms with Crippen LogP contribution in [0.1, 0.15) is 68.4 Å². The summed E-state index contributed by atoms with van der Waals surface area (Å²) in [5.74, 6) is -2.40. The number of amides is 1. The highest BCUT2D eigenvalue weighted by atomic mass is 19.1. The molecule has 2 aromatic heterocycles. The van der Waals surface area contributed by atoms with Crippen LogP contribution in [0.3, 0.4) is 0 Å². The van der Waals surface area contributed by atoms with E-state index in [1.807, 2.05) is 37.3 Å². The molecule has 20 atom stereocenters. The Morgan fingerprint density at radius 2 is 1.35 bits per heavy atom. The molecule has 8 N–H and O–H groups in total. The standard InChI is InChI=1S/C56H70FN7O18/c1-3-12-38(52(73)62-19-11-20-62)77-50-45(69)41(27-66)80-56(51(50)81-53(74)32-15-8-5-9-16-32)78-39-22-30(28-75-54-46(70)42(44(68)40(26-65)79-54)64-25-36(59-61-64)33-17-10-18-34(57)23-33)21-37(63-24-35(58-60-63)31-13-6-4-7-14-31)49(39)82-55-48(72)47(71)43(67)29(2)76-55/h4-10,13-18,23-25,29-30,37-51,54-56,65-72H,3,11-12,19-22,26-28H2,1-2H3/t29?,30?,37?,38-,39+,40?,41?,42?,43+,44+,45-,46?,47?,48?,49?,50?,51?,54-,55-,56+/m0/s1. The summed E-state index contributed by atoms with van der Waals surface area (Å²) >= 11 is 0. The quantitative estimate of drug-likeness (QED) is 0.0497. The fourth-order valence-corrected chi connectivity index (χ4v) is 11.2. The molecule has 5 fully saturated rings. The summed E-state index contributed by atoms with van der Waals surface area (Å²) in [5.41, 5.74) is 1.86. The van der Waals surface area contributed by atoms with Crippen molar-refractivity contribution in [2.24, 2.45) is 5.92 Å². The first-order chi connectivity index (χ1) is 39.6. The van der Waals surface area contributed by atoms with Gasteiger partial charge in [0.25, 0.3) is 5.91 Å². The fraction of sp³-hybridized carbons (Fsp3) is 0.571. The molecule has 4 saturated heterocycles. The second kappa shape index (κ2) is 26.4. The van der Waals surface area contributed by atoms with E-state index in [0.29, 0.717) is 36.3 Å². The van der Waals surface area contributed by atoms with Crippen molar-refractivity contribution in [2.45, 2.75) is 162 Å². The number of aliphatic hydroxyl groups is 8. The number of likely N-dealkylation sites (tertiary alicyclic amines) is 1. The predicted molar refractivity (Wildman–Crippen MR) is 280 cm³/mol. The Kier molecular flexibility index (Phi) is 19.1. The van der Waals surface area contributed by atoms with Crippen molar-refractivity contribution < 1.29 is 92.7 Å². The molecule has 5 aromatic rings. The van der Waals surface area contributed by atoms with Gasteiger partial charge in [-0.25, -0.2) is 18.5 Å². The highest BCUT2D eigenvalue weighted by Gasteiger charge is 2.55. The fourth-order valence-electron chi connectivity index (χ4n) is 11.2. The van der Waals surface area contributed by atoms with Gasteiger partial charge in [-0.2, -0.15) is 0 Å². The van der Waals surface area contributed by atoms with E-state index in [2.05, 4.69) is 20.6 Å². The molecule has 0 spiro atoms. The van der Waals surface area contributed by atoms with Gasteiger partial charge in [0.1, 0.15) is 90.4 Å². The highest BCUT2D eigenvalue weighted by Crippen LogP contribution is 2.42. The molecule has 1 aliphatic carbocycles. The van der Waals surface area contributed by atoms with Crippen molar-refractivity contribution in [3.8, 4) is 22.5 Å². The molecule has 0 radical (unpaired) electrons. The Hall–Kier alpha value is -5.79. The molecule has 25 nitrogen and oxygen atoms in total. The smallest absolute Gasteiger partial charge is 0.338 e. The summed E-state index contributed by atoms with van der Waals surface area (Å²) < 4.78 is 68.3. The molecule has 1 saturated carbocycles.